The molecular weight excluding hydrogens is 172 g/mol. The molecule has 0 aliphatic carbocycles. The van der Waals surface area contributed by atoms with Crippen molar-refractivity contribution in [2.45, 2.75) is 6.42 Å². The number of nitrogens with one attached hydrogen (secondary N) is 1. The first-order chi connectivity index (χ1) is 6.22. The van der Waals surface area contributed by atoms with Crippen molar-refractivity contribution in [3.63, 3.8) is 0 Å². The first-order valence-electron chi connectivity index (χ1n) is 3.53. The van der Waals surface area contributed by atoms with Crippen LogP contribution in [0.4, 0.5) is 5.82 Å². The lowest BCUT2D eigenvalue weighted by Gasteiger charge is -2.12. The number of nitrogens with zero attached hydrogens (tertiary/aromatic N) is 3. The van der Waals surface area contributed by atoms with Crippen LogP contribution in [0.25, 0.3) is 0 Å². The van der Waals surface area contributed by atoms with Crippen LogP contribution in [0.15, 0.2) is 6.20 Å². The summed E-state index contributed by atoms with van der Waals surface area (Å²) < 4.78 is 1.03. The molecule has 0 unspecified atom stereocenters. The van der Waals surface area contributed by atoms with Crippen LogP contribution in [0.5, 0.6) is 0 Å². The number of hydrogen-bond acceptors (Lipinski definition) is 4. The molecule has 0 aromatic carbocycles. The maximum atomic E-state index is 11.2. The number of rotatable bonds is 0. The van der Waals surface area contributed by atoms with E-state index in [1.165, 1.54) is 6.20 Å². The maximum absolute atomic E-state index is 11.2. The largest absolute Gasteiger partial charge is 0.309 e. The second-order valence-electron chi connectivity index (χ2n) is 2.55. The second kappa shape index (κ2) is 2.42. The van der Waals surface area contributed by atoms with E-state index in [0.717, 1.165) is 4.68 Å². The van der Waals surface area contributed by atoms with Crippen molar-refractivity contribution in [1.82, 2.24) is 9.78 Å². The Labute approximate surface area is 72.8 Å². The molecule has 0 saturated carbocycles. The molecule has 6 heteroatoms. The van der Waals surface area contributed by atoms with Crippen LogP contribution in [0.1, 0.15) is 16.8 Å². The van der Waals surface area contributed by atoms with E-state index in [9.17, 15) is 9.59 Å². The lowest BCUT2D eigenvalue weighted by molar-refractivity contribution is -0.115. The molecule has 1 N–H and O–H groups in total. The zero-order valence-corrected chi connectivity index (χ0v) is 6.44. The minimum atomic E-state index is -0.416. The minimum Gasteiger partial charge on any atom is -0.309 e. The molecular formula is C7H4N4O2. The van der Waals surface area contributed by atoms with Crippen LogP contribution in [0.3, 0.4) is 0 Å². The van der Waals surface area contributed by atoms with E-state index in [4.69, 9.17) is 5.26 Å². The maximum Gasteiger partial charge on any atom is 0.258 e. The fourth-order valence-corrected chi connectivity index (χ4v) is 1.13. The average Bonchev–Trinajstić information content (AvgIpc) is 2.47. The van der Waals surface area contributed by atoms with Crippen LogP contribution in [-0.4, -0.2) is 21.6 Å². The molecule has 64 valence electrons. The summed E-state index contributed by atoms with van der Waals surface area (Å²) in [5.74, 6) is -0.654. The summed E-state index contributed by atoms with van der Waals surface area (Å²) in [6, 6.07) is 1.83. The molecule has 0 fully saturated rings. The van der Waals surface area contributed by atoms with Gasteiger partial charge < -0.3 is 5.32 Å². The minimum absolute atomic E-state index is 0.170. The van der Waals surface area contributed by atoms with E-state index in [0.29, 0.717) is 0 Å². The summed E-state index contributed by atoms with van der Waals surface area (Å²) in [4.78, 5) is 22.1. The van der Waals surface area contributed by atoms with E-state index in [1.807, 2.05) is 6.07 Å². The third-order valence-corrected chi connectivity index (χ3v) is 1.70. The third kappa shape index (κ3) is 0.980. The van der Waals surface area contributed by atoms with Gasteiger partial charge in [0.1, 0.15) is 18.1 Å². The summed E-state index contributed by atoms with van der Waals surface area (Å²) in [6.45, 7) is 0. The molecule has 13 heavy (non-hydrogen) atoms. The van der Waals surface area contributed by atoms with E-state index < -0.39 is 11.8 Å². The fraction of sp³-hybridized carbons (Fsp3) is 0.143. The Bertz CT molecular complexity index is 440. The predicted octanol–water partition coefficient (Wildman–Crippen LogP) is -0.263. The van der Waals surface area contributed by atoms with Gasteiger partial charge in [-0.15, -0.1) is 0 Å². The molecule has 1 aromatic heterocycles. The van der Waals surface area contributed by atoms with Gasteiger partial charge in [0.2, 0.25) is 5.91 Å². The van der Waals surface area contributed by atoms with Gasteiger partial charge in [0.05, 0.1) is 6.20 Å². The molecule has 1 amide bonds. The SMILES string of the molecule is N#Cc1cnn2c1NC(=O)CC2=O. The van der Waals surface area contributed by atoms with E-state index >= 15 is 0 Å². The zero-order valence-electron chi connectivity index (χ0n) is 6.44. The smallest absolute Gasteiger partial charge is 0.258 e. The number of nitriles is 1. The molecule has 1 aromatic rings. The molecule has 6 nitrogen and oxygen atoms in total. The molecule has 1 aliphatic rings. The lowest BCUT2D eigenvalue weighted by atomic mass is 10.3. The van der Waals surface area contributed by atoms with Crippen molar-refractivity contribution in [3.8, 4) is 6.07 Å². The van der Waals surface area contributed by atoms with Crippen LogP contribution in [-0.2, 0) is 4.79 Å². The van der Waals surface area contributed by atoms with Crippen molar-refractivity contribution in [2.75, 3.05) is 5.32 Å². The van der Waals surface area contributed by atoms with Gasteiger partial charge >= 0.3 is 0 Å². The Balaban J connectivity index is 2.59. The molecule has 0 saturated heterocycles. The normalized spacial score (nSPS) is 14.7. The predicted molar refractivity (Wildman–Crippen MR) is 40.8 cm³/mol. The molecule has 0 radical (unpaired) electrons. The number of aromatic nitrogens is 2. The Morgan fingerprint density at radius 1 is 1.62 bits per heavy atom. The Morgan fingerprint density at radius 2 is 2.38 bits per heavy atom. The highest BCUT2D eigenvalue weighted by Gasteiger charge is 2.25. The number of carbonyl (C=O) groups excluding carboxylic acids is 2. The van der Waals surface area contributed by atoms with Crippen molar-refractivity contribution >= 4 is 17.6 Å². The quantitative estimate of drug-likeness (QED) is 0.551. The first kappa shape index (κ1) is 7.49. The second-order valence-corrected chi connectivity index (χ2v) is 2.55. The van der Waals surface area contributed by atoms with Gasteiger partial charge in [-0.3, -0.25) is 9.59 Å². The number of amides is 1. The van der Waals surface area contributed by atoms with Crippen molar-refractivity contribution in [2.24, 2.45) is 0 Å². The van der Waals surface area contributed by atoms with Crippen molar-refractivity contribution < 1.29 is 9.59 Å². The Kier molecular flexibility index (Phi) is 1.39. The van der Waals surface area contributed by atoms with Crippen LogP contribution in [0, 0.1) is 11.3 Å². The van der Waals surface area contributed by atoms with Gasteiger partial charge in [0, 0.05) is 0 Å². The van der Waals surface area contributed by atoms with E-state index in [1.54, 1.807) is 0 Å². The number of hydrogen-bond donors (Lipinski definition) is 1. The van der Waals surface area contributed by atoms with E-state index in [-0.39, 0.29) is 17.8 Å². The summed E-state index contributed by atoms with van der Waals surface area (Å²) in [5, 5.41) is 14.7. The van der Waals surface area contributed by atoms with Crippen LogP contribution >= 0.6 is 0 Å². The monoisotopic (exact) mass is 176 g/mol. The molecule has 0 atom stereocenters. The van der Waals surface area contributed by atoms with Crippen LogP contribution < -0.4 is 5.32 Å². The highest BCUT2D eigenvalue weighted by Crippen LogP contribution is 2.18. The molecule has 0 bridgehead atoms. The van der Waals surface area contributed by atoms with Crippen LogP contribution in [0.2, 0.25) is 0 Å². The summed E-state index contributed by atoms with van der Waals surface area (Å²) >= 11 is 0. The van der Waals surface area contributed by atoms with Gasteiger partial charge in [0.15, 0.2) is 5.82 Å². The third-order valence-electron chi connectivity index (χ3n) is 1.70. The average molecular weight is 176 g/mol. The topological polar surface area (TPSA) is 87.8 Å². The van der Waals surface area contributed by atoms with Crippen molar-refractivity contribution in [1.29, 1.82) is 5.26 Å². The van der Waals surface area contributed by atoms with Gasteiger partial charge in [-0.1, -0.05) is 0 Å². The van der Waals surface area contributed by atoms with Gasteiger partial charge in [-0.2, -0.15) is 15.0 Å². The Morgan fingerprint density at radius 3 is 3.08 bits per heavy atom. The highest BCUT2D eigenvalue weighted by molar-refractivity contribution is 6.09. The van der Waals surface area contributed by atoms with Gasteiger partial charge in [0.25, 0.3) is 5.91 Å². The number of carbonyl (C=O) groups is 2. The van der Waals surface area contributed by atoms with E-state index in [2.05, 4.69) is 10.4 Å². The summed E-state index contributed by atoms with van der Waals surface area (Å²) in [6.07, 6.45) is 1.03. The Hall–Kier alpha value is -2.16. The molecule has 1 aliphatic heterocycles. The number of anilines is 1. The number of fused-ring (bicyclic) bond motifs is 1. The zero-order chi connectivity index (χ0) is 9.42. The first-order valence-corrected chi connectivity index (χ1v) is 3.53. The summed E-state index contributed by atoms with van der Waals surface area (Å²) in [5.41, 5.74) is 0.196. The van der Waals surface area contributed by atoms with Gasteiger partial charge in [-0.25, -0.2) is 0 Å². The lowest BCUT2D eigenvalue weighted by Crippen LogP contribution is -2.30. The van der Waals surface area contributed by atoms with Gasteiger partial charge in [-0.05, 0) is 0 Å². The fourth-order valence-electron chi connectivity index (χ4n) is 1.13. The van der Waals surface area contributed by atoms with Crippen molar-refractivity contribution in [3.05, 3.63) is 11.8 Å². The standard InChI is InChI=1S/C7H4N4O2/c8-2-4-3-9-11-6(13)1-5(12)10-7(4)11/h3H,1H2,(H,10,12). The highest BCUT2D eigenvalue weighted by atomic mass is 16.2. The molecule has 2 rings (SSSR count). The molecule has 2 heterocycles. The summed E-state index contributed by atoms with van der Waals surface area (Å²) in [7, 11) is 0. The molecule has 0 spiro atoms.